The van der Waals surface area contributed by atoms with Crippen molar-refractivity contribution in [3.05, 3.63) is 48.2 Å². The van der Waals surface area contributed by atoms with Gasteiger partial charge in [0.1, 0.15) is 5.75 Å². The summed E-state index contributed by atoms with van der Waals surface area (Å²) in [6.07, 6.45) is 16.4. The summed E-state index contributed by atoms with van der Waals surface area (Å²) in [6.45, 7) is 7.57. The van der Waals surface area contributed by atoms with Crippen molar-refractivity contribution in [3.8, 4) is 17.0 Å². The van der Waals surface area contributed by atoms with Crippen LogP contribution in [0.5, 0.6) is 5.75 Å². The minimum atomic E-state index is 0.725. The Labute approximate surface area is 179 Å². The van der Waals surface area contributed by atoms with E-state index < -0.39 is 0 Å². The fraction of sp³-hybridized carbons (Fsp3) is 0.593. The maximum atomic E-state index is 5.86. The molecule has 1 unspecified atom stereocenters. The second-order valence-corrected chi connectivity index (χ2v) is 8.45. The molecule has 1 aromatic carbocycles. The number of rotatable bonds is 15. The van der Waals surface area contributed by atoms with Gasteiger partial charge in [0.2, 0.25) is 0 Å². The third-order valence-corrected chi connectivity index (χ3v) is 5.87. The topological polar surface area (TPSA) is 22.1 Å². The van der Waals surface area contributed by atoms with Gasteiger partial charge < -0.3 is 4.74 Å². The molecule has 0 fully saturated rings. The van der Waals surface area contributed by atoms with Crippen LogP contribution in [0.15, 0.2) is 42.6 Å². The van der Waals surface area contributed by atoms with E-state index in [1.54, 1.807) is 0 Å². The molecule has 0 N–H and O–H groups in total. The first kappa shape index (κ1) is 23.4. The van der Waals surface area contributed by atoms with Crippen LogP contribution in [0.2, 0.25) is 0 Å². The number of unbranched alkanes of at least 4 members (excludes halogenated alkanes) is 7. The Balaban J connectivity index is 1.69. The molecule has 0 aliphatic carbocycles. The van der Waals surface area contributed by atoms with E-state index in [1.807, 2.05) is 6.20 Å². The van der Waals surface area contributed by atoms with Crippen molar-refractivity contribution in [2.75, 3.05) is 6.61 Å². The number of benzene rings is 1. The normalized spacial score (nSPS) is 12.1. The number of pyridine rings is 1. The number of aromatic nitrogens is 1. The van der Waals surface area contributed by atoms with Gasteiger partial charge >= 0.3 is 0 Å². The molecular formula is C27H41NO. The lowest BCUT2D eigenvalue weighted by atomic mass is 10.0. The van der Waals surface area contributed by atoms with Gasteiger partial charge in [0.05, 0.1) is 12.3 Å². The zero-order chi connectivity index (χ0) is 20.7. The molecule has 0 aliphatic heterocycles. The second-order valence-electron chi connectivity index (χ2n) is 8.45. The summed E-state index contributed by atoms with van der Waals surface area (Å²) in [6, 6.07) is 12.7. The van der Waals surface area contributed by atoms with Crippen molar-refractivity contribution >= 4 is 0 Å². The van der Waals surface area contributed by atoms with Crippen molar-refractivity contribution in [1.82, 2.24) is 4.98 Å². The first-order valence-electron chi connectivity index (χ1n) is 11.9. The van der Waals surface area contributed by atoms with Crippen molar-refractivity contribution < 1.29 is 4.74 Å². The van der Waals surface area contributed by atoms with Crippen molar-refractivity contribution in [2.24, 2.45) is 5.92 Å². The zero-order valence-corrected chi connectivity index (χ0v) is 19.0. The predicted octanol–water partition coefficient (Wildman–Crippen LogP) is 8.25. The lowest BCUT2D eigenvalue weighted by Gasteiger charge is -2.10. The van der Waals surface area contributed by atoms with E-state index in [0.29, 0.717) is 0 Å². The van der Waals surface area contributed by atoms with Crippen molar-refractivity contribution in [2.45, 2.75) is 91.4 Å². The van der Waals surface area contributed by atoms with E-state index in [4.69, 9.17) is 4.74 Å². The van der Waals surface area contributed by atoms with Gasteiger partial charge in [0.25, 0.3) is 0 Å². The molecule has 0 radical (unpaired) electrons. The van der Waals surface area contributed by atoms with Gasteiger partial charge in [-0.1, -0.05) is 78.2 Å². The minimum Gasteiger partial charge on any atom is -0.494 e. The second kappa shape index (κ2) is 14.2. The summed E-state index contributed by atoms with van der Waals surface area (Å²) in [5.41, 5.74) is 3.54. The number of aryl methyl sites for hydroxylation is 1. The third kappa shape index (κ3) is 9.47. The SMILES string of the molecule is CCCCCCCCCCc1ccc(-c2ccc(OCCC(C)CC)cc2)nc1. The van der Waals surface area contributed by atoms with Crippen molar-refractivity contribution in [3.63, 3.8) is 0 Å². The summed E-state index contributed by atoms with van der Waals surface area (Å²) < 4.78 is 5.86. The smallest absolute Gasteiger partial charge is 0.119 e. The molecule has 0 amide bonds. The molecule has 0 spiro atoms. The molecule has 2 aromatic rings. The lowest BCUT2D eigenvalue weighted by molar-refractivity contribution is 0.282. The first-order valence-corrected chi connectivity index (χ1v) is 11.9. The Kier molecular flexibility index (Phi) is 11.5. The molecule has 0 saturated carbocycles. The van der Waals surface area contributed by atoms with Crippen LogP contribution in [0, 0.1) is 5.92 Å². The van der Waals surface area contributed by atoms with Gasteiger partial charge in [0, 0.05) is 11.8 Å². The molecule has 2 heteroatoms. The fourth-order valence-electron chi connectivity index (χ4n) is 3.51. The maximum absolute atomic E-state index is 5.86. The molecule has 0 aliphatic rings. The minimum absolute atomic E-state index is 0.725. The van der Waals surface area contributed by atoms with E-state index in [0.717, 1.165) is 42.4 Å². The molecule has 160 valence electrons. The van der Waals surface area contributed by atoms with Gasteiger partial charge in [0.15, 0.2) is 0 Å². The summed E-state index contributed by atoms with van der Waals surface area (Å²) in [5.74, 6) is 1.67. The Morgan fingerprint density at radius 3 is 2.14 bits per heavy atom. The molecule has 29 heavy (non-hydrogen) atoms. The van der Waals surface area contributed by atoms with Gasteiger partial charge in [-0.05, 0) is 61.1 Å². The van der Waals surface area contributed by atoms with Crippen LogP contribution < -0.4 is 4.74 Å². The monoisotopic (exact) mass is 395 g/mol. The van der Waals surface area contributed by atoms with E-state index >= 15 is 0 Å². The highest BCUT2D eigenvalue weighted by Crippen LogP contribution is 2.22. The van der Waals surface area contributed by atoms with E-state index in [2.05, 4.69) is 62.2 Å². The van der Waals surface area contributed by atoms with Gasteiger partial charge in [-0.3, -0.25) is 4.98 Å². The standard InChI is InChI=1S/C27H41NO/c1-4-6-7-8-9-10-11-12-13-24-14-19-27(28-22-24)25-15-17-26(18-16-25)29-21-20-23(3)5-2/h14-19,22-23H,4-13,20-21H2,1-3H3. The molecule has 1 aromatic heterocycles. The number of ether oxygens (including phenoxy) is 1. The van der Waals surface area contributed by atoms with Crippen LogP contribution in [-0.2, 0) is 6.42 Å². The quantitative estimate of drug-likeness (QED) is 0.283. The highest BCUT2D eigenvalue weighted by Gasteiger charge is 2.03. The van der Waals surface area contributed by atoms with Crippen LogP contribution in [0.25, 0.3) is 11.3 Å². The van der Waals surface area contributed by atoms with E-state index in [-0.39, 0.29) is 0 Å². The van der Waals surface area contributed by atoms with Gasteiger partial charge in [-0.2, -0.15) is 0 Å². The Hall–Kier alpha value is -1.83. The summed E-state index contributed by atoms with van der Waals surface area (Å²) in [5, 5.41) is 0. The molecule has 0 saturated heterocycles. The Morgan fingerprint density at radius 2 is 1.52 bits per heavy atom. The Bertz CT molecular complexity index is 647. The highest BCUT2D eigenvalue weighted by molar-refractivity contribution is 5.60. The van der Waals surface area contributed by atoms with Crippen LogP contribution in [0.1, 0.15) is 90.5 Å². The van der Waals surface area contributed by atoms with Crippen LogP contribution >= 0.6 is 0 Å². The predicted molar refractivity (Wildman–Crippen MR) is 126 cm³/mol. The maximum Gasteiger partial charge on any atom is 0.119 e. The zero-order valence-electron chi connectivity index (χ0n) is 19.0. The average Bonchev–Trinajstić information content (AvgIpc) is 2.76. The molecule has 2 rings (SSSR count). The number of hydrogen-bond acceptors (Lipinski definition) is 2. The molecule has 1 heterocycles. The lowest BCUT2D eigenvalue weighted by Crippen LogP contribution is -2.03. The van der Waals surface area contributed by atoms with Crippen molar-refractivity contribution in [1.29, 1.82) is 0 Å². The molecule has 0 bridgehead atoms. The number of nitrogens with zero attached hydrogens (tertiary/aromatic N) is 1. The fourth-order valence-corrected chi connectivity index (χ4v) is 3.51. The average molecular weight is 396 g/mol. The highest BCUT2D eigenvalue weighted by atomic mass is 16.5. The Morgan fingerprint density at radius 1 is 0.828 bits per heavy atom. The molecule has 2 nitrogen and oxygen atoms in total. The number of hydrogen-bond donors (Lipinski definition) is 0. The third-order valence-electron chi connectivity index (χ3n) is 5.87. The van der Waals surface area contributed by atoms with Crippen LogP contribution in [-0.4, -0.2) is 11.6 Å². The summed E-state index contributed by atoms with van der Waals surface area (Å²) in [7, 11) is 0. The molecular weight excluding hydrogens is 354 g/mol. The van der Waals surface area contributed by atoms with E-state index in [9.17, 15) is 0 Å². The van der Waals surface area contributed by atoms with Crippen LogP contribution in [0.4, 0.5) is 0 Å². The first-order chi connectivity index (χ1) is 14.2. The van der Waals surface area contributed by atoms with E-state index in [1.165, 1.54) is 63.4 Å². The summed E-state index contributed by atoms with van der Waals surface area (Å²) in [4.78, 5) is 4.68. The largest absolute Gasteiger partial charge is 0.494 e. The van der Waals surface area contributed by atoms with Crippen LogP contribution in [0.3, 0.4) is 0 Å². The van der Waals surface area contributed by atoms with Gasteiger partial charge in [-0.25, -0.2) is 0 Å². The summed E-state index contributed by atoms with van der Waals surface area (Å²) >= 11 is 0. The van der Waals surface area contributed by atoms with Gasteiger partial charge in [-0.15, -0.1) is 0 Å². The molecule has 1 atom stereocenters.